The Morgan fingerprint density at radius 2 is 0.830 bits per heavy atom. The topological polar surface area (TPSA) is 481 Å². The van der Waals surface area contributed by atoms with Crippen LogP contribution in [0.5, 0.6) is 5.75 Å². The van der Waals surface area contributed by atoms with E-state index in [1.807, 2.05) is 0 Å². The monoisotopic (exact) mass is 1260 g/mol. The molecule has 6 rings (SSSR count). The van der Waals surface area contributed by atoms with Crippen molar-refractivity contribution in [1.29, 1.82) is 0 Å². The summed E-state index contributed by atoms with van der Waals surface area (Å²) in [6, 6.07) is -2.26. The van der Waals surface area contributed by atoms with Gasteiger partial charge in [0.25, 0.3) is 5.91 Å². The average molecular weight is 1260 g/mol. The summed E-state index contributed by atoms with van der Waals surface area (Å²) in [6.45, 7) is 1.92. The van der Waals surface area contributed by atoms with Gasteiger partial charge in [-0.1, -0.05) is 32.3 Å². The SMILES string of the molecule is CCCCCCC#CCCCOc1cccc(C(=O)N[C@H]2C(O)[C@H](O)C(CO)O[C@H]2O[C@@H]2C(CO)OC(OC3C(CO)O[C@@H](O[C@@H]4C(CO)OC(OC5C(CO)OC(O)[C@@H](NC(C)=O)[C@H]5O)C(NC(C)=O)C4O)[C@@H](NC(C)=O)[C@H]3O)C(NC(C)=O)C2O)c1. The number of ether oxygens (including phenoxy) is 10. The van der Waals surface area contributed by atoms with Gasteiger partial charge in [-0.15, -0.1) is 11.8 Å². The van der Waals surface area contributed by atoms with Gasteiger partial charge in [0.2, 0.25) is 23.6 Å². The van der Waals surface area contributed by atoms with Gasteiger partial charge in [0, 0.05) is 46.1 Å². The van der Waals surface area contributed by atoms with E-state index < -0.39 is 216 Å². The van der Waals surface area contributed by atoms with Crippen molar-refractivity contribution in [2.24, 2.45) is 0 Å². The maximum absolute atomic E-state index is 13.9. The second-order valence-corrected chi connectivity index (χ2v) is 22.0. The molecule has 15 unspecified atom stereocenters. The molecule has 5 amide bonds. The van der Waals surface area contributed by atoms with Crippen LogP contribution in [-0.4, -0.2) is 284 Å². The normalized spacial score (nSPS) is 37.5. The summed E-state index contributed by atoms with van der Waals surface area (Å²) in [4.78, 5) is 64.1. The molecule has 0 aliphatic carbocycles. The number of nitrogens with one attached hydrogen (secondary N) is 5. The van der Waals surface area contributed by atoms with Crippen molar-refractivity contribution < 1.29 is 133 Å². The minimum Gasteiger partial charge on any atom is -0.494 e. The van der Waals surface area contributed by atoms with Crippen molar-refractivity contribution in [3.05, 3.63) is 29.8 Å². The first-order valence-electron chi connectivity index (χ1n) is 29.3. The van der Waals surface area contributed by atoms with Crippen molar-refractivity contribution in [3.8, 4) is 17.6 Å². The molecule has 17 N–H and O–H groups in total. The Balaban J connectivity index is 1.18. The molecule has 1 aromatic rings. The highest BCUT2D eigenvalue weighted by molar-refractivity contribution is 5.94. The van der Waals surface area contributed by atoms with E-state index in [0.29, 0.717) is 25.2 Å². The zero-order chi connectivity index (χ0) is 64.5. The molecule has 1 aromatic carbocycles. The first-order chi connectivity index (χ1) is 42.0. The Bertz CT molecular complexity index is 2460. The molecule has 5 heterocycles. The molecule has 0 saturated carbocycles. The van der Waals surface area contributed by atoms with E-state index in [1.165, 1.54) is 18.6 Å². The third-order valence-electron chi connectivity index (χ3n) is 15.3. The van der Waals surface area contributed by atoms with Crippen LogP contribution in [-0.2, 0) is 61.8 Å². The van der Waals surface area contributed by atoms with Crippen LogP contribution < -0.4 is 31.3 Å². The number of hydrogen-bond acceptors (Lipinski definition) is 27. The Labute approximate surface area is 507 Å². The van der Waals surface area contributed by atoms with E-state index in [0.717, 1.165) is 53.4 Å². The van der Waals surface area contributed by atoms with Gasteiger partial charge in [-0.25, -0.2) is 0 Å². The molecule has 5 saturated heterocycles. The number of carbonyl (C=O) groups excluding carboxylic acids is 5. The molecular formula is C56H87N5O27. The van der Waals surface area contributed by atoms with Crippen molar-refractivity contribution in [2.45, 2.75) is 233 Å². The number of hydrogen-bond donors (Lipinski definition) is 17. The third kappa shape index (κ3) is 18.6. The fraction of sp³-hybridized carbons (Fsp3) is 0.768. The number of aliphatic hydroxyl groups is 12. The zero-order valence-electron chi connectivity index (χ0n) is 49.4. The molecule has 0 aromatic heterocycles. The minimum absolute atomic E-state index is 0.0436. The molecule has 498 valence electrons. The van der Waals surface area contributed by atoms with Gasteiger partial charge in [-0.05, 0) is 31.0 Å². The van der Waals surface area contributed by atoms with E-state index in [4.69, 9.17) is 47.4 Å². The molecule has 88 heavy (non-hydrogen) atoms. The van der Waals surface area contributed by atoms with Crippen molar-refractivity contribution in [3.63, 3.8) is 0 Å². The molecule has 0 bridgehead atoms. The maximum atomic E-state index is 13.9. The second-order valence-electron chi connectivity index (χ2n) is 22.0. The van der Waals surface area contributed by atoms with Crippen LogP contribution in [0.25, 0.3) is 0 Å². The summed E-state index contributed by atoms with van der Waals surface area (Å²) in [5.74, 6) is 2.72. The summed E-state index contributed by atoms with van der Waals surface area (Å²) in [5.41, 5.74) is 0.0436. The Kier molecular flexibility index (Phi) is 28.3. The lowest BCUT2D eigenvalue weighted by atomic mass is 9.93. The molecule has 5 fully saturated rings. The van der Waals surface area contributed by atoms with Gasteiger partial charge in [0.1, 0.15) is 128 Å². The highest BCUT2D eigenvalue weighted by Crippen LogP contribution is 2.36. The minimum atomic E-state index is -2.03. The summed E-state index contributed by atoms with van der Waals surface area (Å²) >= 11 is 0. The Morgan fingerprint density at radius 3 is 1.24 bits per heavy atom. The summed E-state index contributed by atoms with van der Waals surface area (Å²) in [7, 11) is 0. The number of aliphatic hydroxyl groups excluding tert-OH is 12. The molecular weight excluding hydrogens is 1170 g/mol. The predicted molar refractivity (Wildman–Crippen MR) is 296 cm³/mol. The molecule has 5 aliphatic rings. The summed E-state index contributed by atoms with van der Waals surface area (Å²) in [5, 5.41) is 145. The van der Waals surface area contributed by atoms with Gasteiger partial charge < -0.3 is 135 Å². The van der Waals surface area contributed by atoms with Crippen LogP contribution in [0.4, 0.5) is 0 Å². The number of amides is 5. The van der Waals surface area contributed by atoms with Gasteiger partial charge in [0.15, 0.2) is 31.5 Å². The first-order valence-corrected chi connectivity index (χ1v) is 29.3. The smallest absolute Gasteiger partial charge is 0.251 e. The fourth-order valence-corrected chi connectivity index (χ4v) is 11.0. The largest absolute Gasteiger partial charge is 0.494 e. The standard InChI is InChI=1S/C56H87N5O27/c1-6-7-8-9-10-11-12-13-14-18-79-30-17-15-16-29(19-30)51(77)61-37-42(72)41(71)31(20-62)81-53(37)86-48-33(22-64)83-55(39(44(48)74)59-27(4)69)88-50-35(24-66)84-56(40(46(50)76)60-28(5)70)87-49-34(23-65)82-54(38(45(49)75)58-26(3)68)85-47-32(21-63)80-52(78)36(43(47)73)57-25(2)67/h15-17,19,31-50,52-56,62-66,71-76,78H,6-10,13-14,18,20-24H2,1-5H3,(H,57,67)(H,58,68)(H,59,69)(H,60,70)(H,61,77)/t31?,32?,33?,34?,35?,36-,37-,38?,39?,40-,41+,42?,43+,44?,45?,46+,47?,48+,49+,50?,52?,53-,54?,55?,56-/m0/s1. The molecule has 32 heteroatoms. The summed E-state index contributed by atoms with van der Waals surface area (Å²) in [6.07, 6.45) is -29.4. The van der Waals surface area contributed by atoms with Crippen LogP contribution in [0.2, 0.25) is 0 Å². The van der Waals surface area contributed by atoms with E-state index in [-0.39, 0.29) is 5.56 Å². The summed E-state index contributed by atoms with van der Waals surface area (Å²) < 4.78 is 59.8. The van der Waals surface area contributed by atoms with Crippen molar-refractivity contribution in [2.75, 3.05) is 39.6 Å². The molecule has 25 atom stereocenters. The molecule has 0 radical (unpaired) electrons. The van der Waals surface area contributed by atoms with Crippen molar-refractivity contribution in [1.82, 2.24) is 26.6 Å². The highest BCUT2D eigenvalue weighted by atomic mass is 16.8. The second kappa shape index (κ2) is 34.5. The molecule has 5 aliphatic heterocycles. The predicted octanol–water partition coefficient (Wildman–Crippen LogP) is -6.78. The lowest BCUT2D eigenvalue weighted by Gasteiger charge is -2.51. The Hall–Kier alpha value is -4.91. The Morgan fingerprint density at radius 1 is 0.455 bits per heavy atom. The molecule has 0 spiro atoms. The van der Waals surface area contributed by atoms with Gasteiger partial charge in [-0.3, -0.25) is 24.0 Å². The van der Waals surface area contributed by atoms with Crippen LogP contribution in [0.1, 0.15) is 89.9 Å². The lowest BCUT2D eigenvalue weighted by molar-refractivity contribution is -0.367. The average Bonchev–Trinajstić information content (AvgIpc) is 0.891. The van der Waals surface area contributed by atoms with Crippen LogP contribution in [0.15, 0.2) is 24.3 Å². The van der Waals surface area contributed by atoms with Gasteiger partial charge in [0.05, 0.1) is 39.6 Å². The van der Waals surface area contributed by atoms with E-state index >= 15 is 0 Å². The number of unbranched alkanes of at least 4 members (excludes halogenated alkanes) is 5. The third-order valence-corrected chi connectivity index (χ3v) is 15.3. The quantitative estimate of drug-likeness (QED) is 0.0288. The highest BCUT2D eigenvalue weighted by Gasteiger charge is 2.58. The van der Waals surface area contributed by atoms with E-state index in [2.05, 4.69) is 45.3 Å². The number of rotatable bonds is 27. The number of carbonyl (C=O) groups is 5. The van der Waals surface area contributed by atoms with Crippen LogP contribution >= 0.6 is 0 Å². The van der Waals surface area contributed by atoms with Gasteiger partial charge in [-0.2, -0.15) is 0 Å². The van der Waals surface area contributed by atoms with E-state index in [9.17, 15) is 85.3 Å². The van der Waals surface area contributed by atoms with Crippen LogP contribution in [0.3, 0.4) is 0 Å². The van der Waals surface area contributed by atoms with Crippen LogP contribution in [0, 0.1) is 11.8 Å². The molecule has 32 nitrogen and oxygen atoms in total. The zero-order valence-corrected chi connectivity index (χ0v) is 49.4. The van der Waals surface area contributed by atoms with E-state index in [1.54, 1.807) is 12.1 Å². The first kappa shape index (κ1) is 72.2. The fourth-order valence-electron chi connectivity index (χ4n) is 11.0. The number of benzene rings is 1. The van der Waals surface area contributed by atoms with Crippen molar-refractivity contribution >= 4 is 29.5 Å². The lowest BCUT2D eigenvalue weighted by Crippen LogP contribution is -2.72. The maximum Gasteiger partial charge on any atom is 0.251 e. The van der Waals surface area contributed by atoms with Gasteiger partial charge >= 0.3 is 0 Å².